The van der Waals surface area contributed by atoms with Gasteiger partial charge in [-0.25, -0.2) is 4.98 Å². The van der Waals surface area contributed by atoms with Crippen molar-refractivity contribution in [2.75, 3.05) is 0 Å². The molecule has 2 aromatic carbocycles. The van der Waals surface area contributed by atoms with Crippen molar-refractivity contribution in [3.05, 3.63) is 59.9 Å². The zero-order valence-electron chi connectivity index (χ0n) is 13.9. The molecule has 4 heteroatoms. The van der Waals surface area contributed by atoms with Crippen LogP contribution in [0.2, 0.25) is 0 Å². The highest BCUT2D eigenvalue weighted by Gasteiger charge is 2.21. The molecule has 0 spiro atoms. The second-order valence-electron chi connectivity index (χ2n) is 6.20. The van der Waals surface area contributed by atoms with Gasteiger partial charge in [-0.3, -0.25) is 0 Å². The Bertz CT molecular complexity index is 911. The molecular weight excluding hydrogens is 298 g/mol. The van der Waals surface area contributed by atoms with Gasteiger partial charge in [-0.05, 0) is 31.5 Å². The monoisotopic (exact) mass is 317 g/mol. The van der Waals surface area contributed by atoms with Gasteiger partial charge in [0.1, 0.15) is 12.0 Å². The standard InChI is InChI=1S/C20H19N3O/c1-3-5-17-16-9-8-15(11-18(16)23-22-17)20-21-19(12-24-20)14-7-4-6-13(2)10-14/h4,6-12,17H,3,5H2,1-2H3. The maximum Gasteiger partial charge on any atom is 0.226 e. The molecule has 0 N–H and O–H groups in total. The molecule has 1 aliphatic rings. The zero-order valence-corrected chi connectivity index (χ0v) is 13.9. The predicted octanol–water partition coefficient (Wildman–Crippen LogP) is 6.26. The van der Waals surface area contributed by atoms with E-state index in [-0.39, 0.29) is 6.04 Å². The van der Waals surface area contributed by atoms with E-state index in [0.717, 1.165) is 35.3 Å². The van der Waals surface area contributed by atoms with Crippen molar-refractivity contribution in [1.29, 1.82) is 0 Å². The van der Waals surface area contributed by atoms with Crippen LogP contribution in [-0.4, -0.2) is 4.98 Å². The van der Waals surface area contributed by atoms with Gasteiger partial charge in [-0.15, -0.1) is 0 Å². The molecule has 3 aromatic rings. The van der Waals surface area contributed by atoms with Gasteiger partial charge in [-0.2, -0.15) is 10.2 Å². The molecule has 0 saturated carbocycles. The maximum absolute atomic E-state index is 5.70. The summed E-state index contributed by atoms with van der Waals surface area (Å²) in [4.78, 5) is 4.63. The molecule has 1 unspecified atom stereocenters. The predicted molar refractivity (Wildman–Crippen MR) is 94.3 cm³/mol. The Morgan fingerprint density at radius 1 is 1.08 bits per heavy atom. The van der Waals surface area contributed by atoms with Gasteiger partial charge in [0.05, 0.1) is 11.7 Å². The third-order valence-electron chi connectivity index (χ3n) is 4.32. The Hall–Kier alpha value is -2.75. The third-order valence-corrected chi connectivity index (χ3v) is 4.32. The molecule has 0 aliphatic carbocycles. The molecule has 1 aromatic heterocycles. The van der Waals surface area contributed by atoms with Gasteiger partial charge < -0.3 is 4.42 Å². The minimum Gasteiger partial charge on any atom is -0.444 e. The van der Waals surface area contributed by atoms with E-state index in [4.69, 9.17) is 4.42 Å². The number of fused-ring (bicyclic) bond motifs is 1. The largest absolute Gasteiger partial charge is 0.444 e. The van der Waals surface area contributed by atoms with E-state index in [1.807, 2.05) is 24.3 Å². The number of aryl methyl sites for hydroxylation is 1. The van der Waals surface area contributed by atoms with Gasteiger partial charge in [-0.1, -0.05) is 43.2 Å². The topological polar surface area (TPSA) is 50.8 Å². The van der Waals surface area contributed by atoms with Crippen molar-refractivity contribution in [2.45, 2.75) is 32.7 Å². The Kier molecular flexibility index (Phi) is 3.73. The number of hydrogen-bond acceptors (Lipinski definition) is 4. The van der Waals surface area contributed by atoms with E-state index in [1.54, 1.807) is 6.26 Å². The van der Waals surface area contributed by atoms with Crippen LogP contribution in [0, 0.1) is 6.92 Å². The van der Waals surface area contributed by atoms with Crippen molar-refractivity contribution in [1.82, 2.24) is 4.98 Å². The van der Waals surface area contributed by atoms with Crippen LogP contribution >= 0.6 is 0 Å². The van der Waals surface area contributed by atoms with Crippen LogP contribution in [0.5, 0.6) is 0 Å². The summed E-state index contributed by atoms with van der Waals surface area (Å²) in [5.41, 5.74) is 6.18. The summed E-state index contributed by atoms with van der Waals surface area (Å²) in [7, 11) is 0. The molecular formula is C20H19N3O. The number of hydrogen-bond donors (Lipinski definition) is 0. The van der Waals surface area contributed by atoms with Crippen molar-refractivity contribution in [3.63, 3.8) is 0 Å². The van der Waals surface area contributed by atoms with Gasteiger partial charge >= 0.3 is 0 Å². The molecule has 0 saturated heterocycles. The van der Waals surface area contributed by atoms with Crippen molar-refractivity contribution < 1.29 is 4.42 Å². The quantitative estimate of drug-likeness (QED) is 0.570. The second-order valence-corrected chi connectivity index (χ2v) is 6.20. The Labute approximate surface area is 141 Å². The molecule has 0 radical (unpaired) electrons. The van der Waals surface area contributed by atoms with E-state index in [2.05, 4.69) is 47.3 Å². The van der Waals surface area contributed by atoms with Crippen LogP contribution in [-0.2, 0) is 0 Å². The minimum absolute atomic E-state index is 0.200. The fraction of sp³-hybridized carbons (Fsp3) is 0.250. The molecule has 4 rings (SSSR count). The van der Waals surface area contributed by atoms with Crippen LogP contribution in [0.4, 0.5) is 5.69 Å². The summed E-state index contributed by atoms with van der Waals surface area (Å²) in [5.74, 6) is 0.614. The van der Waals surface area contributed by atoms with Crippen LogP contribution in [0.1, 0.15) is 36.9 Å². The molecule has 2 heterocycles. The van der Waals surface area contributed by atoms with Gasteiger partial charge in [0.15, 0.2) is 0 Å². The lowest BCUT2D eigenvalue weighted by Gasteiger charge is -2.06. The Balaban J connectivity index is 1.65. The highest BCUT2D eigenvalue weighted by atomic mass is 16.3. The fourth-order valence-electron chi connectivity index (χ4n) is 3.07. The number of aromatic nitrogens is 1. The summed E-state index contributed by atoms with van der Waals surface area (Å²) in [5, 5.41) is 8.68. The molecule has 0 amide bonds. The van der Waals surface area contributed by atoms with Crippen LogP contribution < -0.4 is 0 Å². The van der Waals surface area contributed by atoms with Gasteiger partial charge in [0, 0.05) is 16.7 Å². The molecule has 0 fully saturated rings. The fourth-order valence-corrected chi connectivity index (χ4v) is 3.07. The van der Waals surface area contributed by atoms with Gasteiger partial charge in [0.25, 0.3) is 0 Å². The first-order valence-electron chi connectivity index (χ1n) is 8.32. The number of nitrogens with zero attached hydrogens (tertiary/aromatic N) is 3. The summed E-state index contributed by atoms with van der Waals surface area (Å²) in [6.07, 6.45) is 3.84. The summed E-state index contributed by atoms with van der Waals surface area (Å²) >= 11 is 0. The lowest BCUT2D eigenvalue weighted by atomic mass is 10.0. The van der Waals surface area contributed by atoms with Crippen molar-refractivity contribution in [2.24, 2.45) is 10.2 Å². The van der Waals surface area contributed by atoms with E-state index in [1.165, 1.54) is 11.1 Å². The lowest BCUT2D eigenvalue weighted by molar-refractivity contribution is 0.575. The molecule has 0 bridgehead atoms. The first-order valence-corrected chi connectivity index (χ1v) is 8.32. The number of rotatable bonds is 4. The van der Waals surface area contributed by atoms with Crippen LogP contribution in [0.15, 0.2) is 63.4 Å². The molecule has 120 valence electrons. The molecule has 1 aliphatic heterocycles. The zero-order chi connectivity index (χ0) is 16.5. The summed E-state index contributed by atoms with van der Waals surface area (Å²) in [6, 6.07) is 14.6. The summed E-state index contributed by atoms with van der Waals surface area (Å²) in [6.45, 7) is 4.24. The normalized spacial score (nSPS) is 15.7. The molecule has 24 heavy (non-hydrogen) atoms. The first kappa shape index (κ1) is 14.8. The third kappa shape index (κ3) is 2.64. The van der Waals surface area contributed by atoms with Crippen molar-refractivity contribution in [3.8, 4) is 22.7 Å². The Morgan fingerprint density at radius 2 is 2.00 bits per heavy atom. The van der Waals surface area contributed by atoms with Crippen LogP contribution in [0.3, 0.4) is 0 Å². The van der Waals surface area contributed by atoms with E-state index in [9.17, 15) is 0 Å². The van der Waals surface area contributed by atoms with E-state index < -0.39 is 0 Å². The SMILES string of the molecule is CCCC1N=Nc2cc(-c3nc(-c4cccc(C)c4)co3)ccc21. The number of azo groups is 1. The number of benzene rings is 2. The van der Waals surface area contributed by atoms with E-state index >= 15 is 0 Å². The van der Waals surface area contributed by atoms with Crippen molar-refractivity contribution >= 4 is 5.69 Å². The highest BCUT2D eigenvalue weighted by Crippen LogP contribution is 2.40. The smallest absolute Gasteiger partial charge is 0.226 e. The summed E-state index contributed by atoms with van der Waals surface area (Å²) < 4.78 is 5.70. The van der Waals surface area contributed by atoms with Gasteiger partial charge in [0.2, 0.25) is 5.89 Å². The minimum atomic E-state index is 0.200. The Morgan fingerprint density at radius 3 is 2.83 bits per heavy atom. The molecule has 4 nitrogen and oxygen atoms in total. The number of oxazole rings is 1. The lowest BCUT2D eigenvalue weighted by Crippen LogP contribution is -1.90. The maximum atomic E-state index is 5.70. The average Bonchev–Trinajstić information content (AvgIpc) is 3.22. The highest BCUT2D eigenvalue weighted by molar-refractivity contribution is 5.67. The van der Waals surface area contributed by atoms with Crippen LogP contribution in [0.25, 0.3) is 22.7 Å². The first-order chi connectivity index (χ1) is 11.7. The second kappa shape index (κ2) is 6.04. The van der Waals surface area contributed by atoms with E-state index in [0.29, 0.717) is 5.89 Å². The average molecular weight is 317 g/mol. The molecule has 1 atom stereocenters.